The Morgan fingerprint density at radius 3 is 3.00 bits per heavy atom. The molecule has 10 heavy (non-hydrogen) atoms. The summed E-state index contributed by atoms with van der Waals surface area (Å²) in [6.07, 6.45) is 1.24. The van der Waals surface area contributed by atoms with Gasteiger partial charge in [-0.05, 0) is 11.6 Å². The number of rotatable bonds is 1. The van der Waals surface area contributed by atoms with E-state index in [9.17, 15) is 4.79 Å². The number of aliphatic hydroxyl groups excluding tert-OH is 1. The number of aliphatic hydroxyl groups is 1. The molecule has 0 fully saturated rings. The molecule has 0 aliphatic heterocycles. The molecular weight excluding hydrogens is 156 g/mol. The van der Waals surface area contributed by atoms with Gasteiger partial charge >= 0.3 is 0 Å². The van der Waals surface area contributed by atoms with E-state index < -0.39 is 5.56 Å². The number of aromatic nitrogens is 2. The summed E-state index contributed by atoms with van der Waals surface area (Å²) in [5, 5.41) is 8.54. The van der Waals surface area contributed by atoms with Gasteiger partial charge in [0.1, 0.15) is 0 Å². The van der Waals surface area contributed by atoms with Crippen LogP contribution in [-0.4, -0.2) is 15.1 Å². The van der Waals surface area contributed by atoms with Gasteiger partial charge in [-0.3, -0.25) is 9.78 Å². The lowest BCUT2D eigenvalue weighted by molar-refractivity contribution is 0.279. The molecule has 54 valence electrons. The van der Waals surface area contributed by atoms with Crippen molar-refractivity contribution in [3.05, 3.63) is 27.4 Å². The summed E-state index contributed by atoms with van der Waals surface area (Å²) < 4.78 is 0. The van der Waals surface area contributed by atoms with E-state index in [4.69, 9.17) is 16.7 Å². The molecule has 0 aromatic carbocycles. The summed E-state index contributed by atoms with van der Waals surface area (Å²) in [6, 6.07) is 0. The molecule has 0 saturated carbocycles. The maximum Gasteiger partial charge on any atom is 0.257 e. The zero-order chi connectivity index (χ0) is 7.56. The summed E-state index contributed by atoms with van der Waals surface area (Å²) in [5.41, 5.74) is -0.188. The van der Waals surface area contributed by atoms with Crippen LogP contribution in [0.4, 0.5) is 0 Å². The molecule has 2 N–H and O–H groups in total. The quantitative estimate of drug-likeness (QED) is 0.565. The predicted molar refractivity (Wildman–Crippen MR) is 35.8 cm³/mol. The van der Waals surface area contributed by atoms with Gasteiger partial charge in [0.25, 0.3) is 5.56 Å². The van der Waals surface area contributed by atoms with Gasteiger partial charge in [0.15, 0.2) is 0 Å². The SMILES string of the molecule is O=c1[nH]c(Cl)ncc1CO. The lowest BCUT2D eigenvalue weighted by Crippen LogP contribution is -2.12. The van der Waals surface area contributed by atoms with Gasteiger partial charge in [0.2, 0.25) is 5.28 Å². The number of hydrogen-bond acceptors (Lipinski definition) is 3. The summed E-state index contributed by atoms with van der Waals surface area (Å²) in [7, 11) is 0. The monoisotopic (exact) mass is 160 g/mol. The van der Waals surface area contributed by atoms with Crippen molar-refractivity contribution in [2.24, 2.45) is 0 Å². The van der Waals surface area contributed by atoms with Crippen LogP contribution >= 0.6 is 11.6 Å². The normalized spacial score (nSPS) is 9.80. The van der Waals surface area contributed by atoms with Crippen LogP contribution in [0.25, 0.3) is 0 Å². The molecule has 1 heterocycles. The van der Waals surface area contributed by atoms with E-state index in [1.807, 2.05) is 0 Å². The zero-order valence-electron chi connectivity index (χ0n) is 4.97. The minimum Gasteiger partial charge on any atom is -0.391 e. The van der Waals surface area contributed by atoms with E-state index in [0.717, 1.165) is 0 Å². The first-order valence-electron chi connectivity index (χ1n) is 2.58. The molecular formula is C5H5ClN2O2. The molecule has 0 aliphatic rings. The predicted octanol–water partition coefficient (Wildman–Crippen LogP) is -0.0844. The minimum absolute atomic E-state index is 0.0298. The van der Waals surface area contributed by atoms with Crippen molar-refractivity contribution in [3.8, 4) is 0 Å². The molecule has 0 aliphatic carbocycles. The van der Waals surface area contributed by atoms with Crippen molar-refractivity contribution in [3.63, 3.8) is 0 Å². The van der Waals surface area contributed by atoms with Gasteiger partial charge in [-0.25, -0.2) is 4.98 Å². The van der Waals surface area contributed by atoms with E-state index >= 15 is 0 Å². The molecule has 1 rings (SSSR count). The van der Waals surface area contributed by atoms with Crippen molar-refractivity contribution in [1.29, 1.82) is 0 Å². The standard InChI is InChI=1S/C5H5ClN2O2/c6-5-7-1-3(2-9)4(10)8-5/h1,9H,2H2,(H,7,8,10). The maximum atomic E-state index is 10.7. The highest BCUT2D eigenvalue weighted by Gasteiger charge is 1.97. The highest BCUT2D eigenvalue weighted by molar-refractivity contribution is 6.28. The average molecular weight is 161 g/mol. The van der Waals surface area contributed by atoms with Crippen molar-refractivity contribution >= 4 is 11.6 Å². The molecule has 0 bridgehead atoms. The second-order valence-corrected chi connectivity index (χ2v) is 2.04. The Kier molecular flexibility index (Phi) is 2.03. The summed E-state index contributed by atoms with van der Waals surface area (Å²) in [5.74, 6) is 0. The molecule has 1 aromatic rings. The summed E-state index contributed by atoms with van der Waals surface area (Å²) in [4.78, 5) is 16.5. The molecule has 5 heteroatoms. The minimum atomic E-state index is -0.400. The topological polar surface area (TPSA) is 66.0 Å². The smallest absolute Gasteiger partial charge is 0.257 e. The van der Waals surface area contributed by atoms with Crippen LogP contribution in [0.2, 0.25) is 5.28 Å². The first-order chi connectivity index (χ1) is 4.74. The summed E-state index contributed by atoms with van der Waals surface area (Å²) in [6.45, 7) is -0.320. The van der Waals surface area contributed by atoms with Gasteiger partial charge in [-0.15, -0.1) is 0 Å². The van der Waals surface area contributed by atoms with E-state index in [0.29, 0.717) is 0 Å². The van der Waals surface area contributed by atoms with Crippen molar-refractivity contribution in [2.75, 3.05) is 0 Å². The van der Waals surface area contributed by atoms with Crippen molar-refractivity contribution in [1.82, 2.24) is 9.97 Å². The lowest BCUT2D eigenvalue weighted by atomic mass is 10.4. The Morgan fingerprint density at radius 1 is 1.80 bits per heavy atom. The number of aromatic amines is 1. The van der Waals surface area contributed by atoms with Crippen LogP contribution in [0.3, 0.4) is 0 Å². The van der Waals surface area contributed by atoms with Gasteiger partial charge in [0, 0.05) is 6.20 Å². The molecule has 0 radical (unpaired) electrons. The number of halogens is 1. The van der Waals surface area contributed by atoms with Gasteiger partial charge in [0.05, 0.1) is 12.2 Å². The van der Waals surface area contributed by atoms with Crippen LogP contribution in [-0.2, 0) is 6.61 Å². The Hall–Kier alpha value is -0.870. The average Bonchev–Trinajstić information content (AvgIpc) is 1.88. The Labute approximate surface area is 61.5 Å². The Bertz CT molecular complexity index is 283. The number of nitrogens with zero attached hydrogens (tertiary/aromatic N) is 1. The van der Waals surface area contributed by atoms with Crippen LogP contribution in [0.5, 0.6) is 0 Å². The van der Waals surface area contributed by atoms with E-state index in [2.05, 4.69) is 9.97 Å². The third-order valence-corrected chi connectivity index (χ3v) is 1.20. The molecule has 1 aromatic heterocycles. The highest BCUT2D eigenvalue weighted by atomic mass is 35.5. The van der Waals surface area contributed by atoms with Gasteiger partial charge in [-0.1, -0.05) is 0 Å². The van der Waals surface area contributed by atoms with Crippen LogP contribution < -0.4 is 5.56 Å². The molecule has 0 unspecified atom stereocenters. The van der Waals surface area contributed by atoms with Crippen molar-refractivity contribution < 1.29 is 5.11 Å². The second-order valence-electron chi connectivity index (χ2n) is 1.69. The Morgan fingerprint density at radius 2 is 2.50 bits per heavy atom. The first kappa shape index (κ1) is 7.24. The summed E-state index contributed by atoms with van der Waals surface area (Å²) >= 11 is 5.33. The van der Waals surface area contributed by atoms with Crippen molar-refractivity contribution in [2.45, 2.75) is 6.61 Å². The third kappa shape index (κ3) is 1.34. The van der Waals surface area contributed by atoms with E-state index in [1.165, 1.54) is 6.20 Å². The molecule has 0 atom stereocenters. The maximum absolute atomic E-state index is 10.7. The van der Waals surface area contributed by atoms with Crippen LogP contribution in [0.1, 0.15) is 5.56 Å². The van der Waals surface area contributed by atoms with E-state index in [-0.39, 0.29) is 17.5 Å². The number of H-pyrrole nitrogens is 1. The van der Waals surface area contributed by atoms with Crippen LogP contribution in [0.15, 0.2) is 11.0 Å². The molecule has 0 amide bonds. The molecule has 4 nitrogen and oxygen atoms in total. The fraction of sp³-hybridized carbons (Fsp3) is 0.200. The third-order valence-electron chi connectivity index (χ3n) is 1.01. The fourth-order valence-corrected chi connectivity index (χ4v) is 0.647. The molecule has 0 saturated heterocycles. The van der Waals surface area contributed by atoms with E-state index in [1.54, 1.807) is 0 Å². The largest absolute Gasteiger partial charge is 0.391 e. The van der Waals surface area contributed by atoms with Gasteiger partial charge in [-0.2, -0.15) is 0 Å². The zero-order valence-corrected chi connectivity index (χ0v) is 5.72. The number of hydrogen-bond donors (Lipinski definition) is 2. The van der Waals surface area contributed by atoms with Gasteiger partial charge < -0.3 is 5.11 Å². The number of nitrogens with one attached hydrogen (secondary N) is 1. The fourth-order valence-electron chi connectivity index (χ4n) is 0.512. The second kappa shape index (κ2) is 2.81. The lowest BCUT2D eigenvalue weighted by Gasteiger charge is -1.91. The highest BCUT2D eigenvalue weighted by Crippen LogP contribution is 1.94. The molecule has 0 spiro atoms. The Balaban J connectivity index is 3.20. The first-order valence-corrected chi connectivity index (χ1v) is 2.96. The van der Waals surface area contributed by atoms with Crippen LogP contribution in [0, 0.1) is 0 Å².